The van der Waals surface area contributed by atoms with Crippen LogP contribution >= 0.6 is 0 Å². The fourth-order valence-electron chi connectivity index (χ4n) is 3.29. The summed E-state index contributed by atoms with van der Waals surface area (Å²) in [4.78, 5) is 13.0. The van der Waals surface area contributed by atoms with Crippen LogP contribution in [0.2, 0.25) is 0 Å². The van der Waals surface area contributed by atoms with Gasteiger partial charge in [-0.05, 0) is 61.2 Å². The highest BCUT2D eigenvalue weighted by Gasteiger charge is 2.21. The van der Waals surface area contributed by atoms with Gasteiger partial charge in [0.05, 0.1) is 21.3 Å². The van der Waals surface area contributed by atoms with Gasteiger partial charge in [-0.25, -0.2) is 0 Å². The van der Waals surface area contributed by atoms with Crippen LogP contribution in [0.5, 0.6) is 23.0 Å². The summed E-state index contributed by atoms with van der Waals surface area (Å²) in [7, 11) is 4.71. The summed E-state index contributed by atoms with van der Waals surface area (Å²) in [6.07, 6.45) is 6.11. The molecule has 1 N–H and O–H groups in total. The number of aromatic hydroxyl groups is 1. The predicted molar refractivity (Wildman–Crippen MR) is 109 cm³/mol. The monoisotopic (exact) mass is 380 g/mol. The van der Waals surface area contributed by atoms with Gasteiger partial charge in [0.2, 0.25) is 0 Å². The molecule has 28 heavy (non-hydrogen) atoms. The zero-order chi connectivity index (χ0) is 20.1. The number of Topliss-reactive ketones (excluding diaryl/α,β-unsaturated/α-hetero) is 1. The molecule has 0 atom stereocenters. The van der Waals surface area contributed by atoms with E-state index in [4.69, 9.17) is 14.2 Å². The van der Waals surface area contributed by atoms with Gasteiger partial charge in [0.15, 0.2) is 17.3 Å². The molecule has 3 rings (SSSR count). The average molecular weight is 380 g/mol. The van der Waals surface area contributed by atoms with Crippen LogP contribution < -0.4 is 14.2 Å². The minimum atomic E-state index is 0.0381. The number of hydrogen-bond donors (Lipinski definition) is 1. The number of carbonyl (C=O) groups excluding carboxylic acids is 1. The van der Waals surface area contributed by atoms with Crippen molar-refractivity contribution >= 4 is 17.9 Å². The van der Waals surface area contributed by atoms with Crippen molar-refractivity contribution in [1.29, 1.82) is 0 Å². The van der Waals surface area contributed by atoms with Crippen LogP contribution in [0, 0.1) is 0 Å². The van der Waals surface area contributed by atoms with Crippen molar-refractivity contribution in [2.45, 2.75) is 19.3 Å². The van der Waals surface area contributed by atoms with Gasteiger partial charge in [0.25, 0.3) is 0 Å². The summed E-state index contributed by atoms with van der Waals surface area (Å²) in [6, 6.07) is 10.6. The summed E-state index contributed by atoms with van der Waals surface area (Å²) in [5, 5.41) is 9.74. The minimum Gasteiger partial charge on any atom is -0.504 e. The first kappa shape index (κ1) is 19.5. The molecule has 1 fully saturated rings. The van der Waals surface area contributed by atoms with Gasteiger partial charge in [-0.3, -0.25) is 4.79 Å². The topological polar surface area (TPSA) is 65.0 Å². The predicted octanol–water partition coefficient (Wildman–Crippen LogP) is 4.64. The smallest absolute Gasteiger partial charge is 0.185 e. The molecule has 5 nitrogen and oxygen atoms in total. The van der Waals surface area contributed by atoms with Crippen molar-refractivity contribution in [3.63, 3.8) is 0 Å². The Bertz CT molecular complexity index is 940. The second-order valence-electron chi connectivity index (χ2n) is 6.56. The lowest BCUT2D eigenvalue weighted by atomic mass is 9.86. The molecule has 0 radical (unpaired) electrons. The van der Waals surface area contributed by atoms with Crippen LogP contribution in [0.15, 0.2) is 47.5 Å². The molecule has 2 aromatic carbocycles. The number of allylic oxidation sites excluding steroid dienone is 2. The van der Waals surface area contributed by atoms with E-state index in [1.807, 2.05) is 24.3 Å². The molecule has 0 heterocycles. The highest BCUT2D eigenvalue weighted by atomic mass is 16.5. The molecule has 146 valence electrons. The first-order valence-corrected chi connectivity index (χ1v) is 9.10. The van der Waals surface area contributed by atoms with Gasteiger partial charge in [0, 0.05) is 22.8 Å². The maximum atomic E-state index is 13.0. The first-order valence-electron chi connectivity index (χ1n) is 9.10. The molecule has 1 saturated carbocycles. The largest absolute Gasteiger partial charge is 0.504 e. The molecular formula is C23H24O5. The Hall–Kier alpha value is -3.21. The van der Waals surface area contributed by atoms with Gasteiger partial charge in [-0.1, -0.05) is 6.07 Å². The van der Waals surface area contributed by atoms with Gasteiger partial charge >= 0.3 is 0 Å². The normalized spacial score (nSPS) is 17.0. The molecule has 0 unspecified atom stereocenters. The minimum absolute atomic E-state index is 0.0381. The zero-order valence-electron chi connectivity index (χ0n) is 16.3. The van der Waals surface area contributed by atoms with E-state index < -0.39 is 0 Å². The van der Waals surface area contributed by atoms with Gasteiger partial charge in [-0.2, -0.15) is 0 Å². The summed E-state index contributed by atoms with van der Waals surface area (Å²) in [6.45, 7) is 0. The number of hydrogen-bond acceptors (Lipinski definition) is 5. The van der Waals surface area contributed by atoms with Gasteiger partial charge in [-0.15, -0.1) is 0 Å². The molecular weight excluding hydrogens is 356 g/mol. The van der Waals surface area contributed by atoms with E-state index in [1.54, 1.807) is 38.5 Å². The lowest BCUT2D eigenvalue weighted by molar-refractivity contribution is -0.112. The van der Waals surface area contributed by atoms with Crippen LogP contribution in [0.1, 0.15) is 30.4 Å². The van der Waals surface area contributed by atoms with Crippen molar-refractivity contribution in [3.8, 4) is 23.0 Å². The van der Waals surface area contributed by atoms with Crippen molar-refractivity contribution in [2.75, 3.05) is 21.3 Å². The molecule has 2 aromatic rings. The molecule has 0 bridgehead atoms. The van der Waals surface area contributed by atoms with E-state index >= 15 is 0 Å². The van der Waals surface area contributed by atoms with Crippen LogP contribution in [-0.4, -0.2) is 32.2 Å². The summed E-state index contributed by atoms with van der Waals surface area (Å²) < 4.78 is 15.8. The number of carbonyl (C=O) groups is 1. The molecule has 0 spiro atoms. The van der Waals surface area contributed by atoms with E-state index in [0.717, 1.165) is 41.5 Å². The molecule has 1 aliphatic rings. The lowest BCUT2D eigenvalue weighted by Gasteiger charge is -2.17. The fraction of sp³-hybridized carbons (Fsp3) is 0.261. The number of phenols is 1. The van der Waals surface area contributed by atoms with Gasteiger partial charge in [0.1, 0.15) is 11.5 Å². The Morgan fingerprint density at radius 1 is 0.857 bits per heavy atom. The third-order valence-corrected chi connectivity index (χ3v) is 4.79. The summed E-state index contributed by atoms with van der Waals surface area (Å²) in [5.74, 6) is 1.87. The fourth-order valence-corrected chi connectivity index (χ4v) is 3.29. The van der Waals surface area contributed by atoms with E-state index in [1.165, 1.54) is 7.11 Å². The molecule has 0 amide bonds. The molecule has 0 saturated heterocycles. The van der Waals surface area contributed by atoms with E-state index in [0.29, 0.717) is 17.2 Å². The Morgan fingerprint density at radius 3 is 2.25 bits per heavy atom. The SMILES string of the molecule is COc1ccc(/C=C2\CCC/C(=C\c3ccc(O)c(OC)c3)C2=O)c(OC)c1. The molecule has 1 aliphatic carbocycles. The van der Waals surface area contributed by atoms with Crippen LogP contribution in [0.4, 0.5) is 0 Å². The molecule has 5 heteroatoms. The zero-order valence-corrected chi connectivity index (χ0v) is 16.3. The van der Waals surface area contributed by atoms with E-state index in [9.17, 15) is 9.90 Å². The Morgan fingerprint density at radius 2 is 1.57 bits per heavy atom. The molecule has 0 aromatic heterocycles. The lowest BCUT2D eigenvalue weighted by Crippen LogP contribution is -2.12. The summed E-state index contributed by atoms with van der Waals surface area (Å²) in [5.41, 5.74) is 3.17. The standard InChI is InChI=1S/C23H24O5/c1-26-19-9-8-16(21(14-19)27-2)13-18-6-4-5-17(23(18)25)11-15-7-10-20(24)22(12-15)28-3/h7-14,24H,4-6H2,1-3H3/b17-11+,18-13+. The van der Waals surface area contributed by atoms with E-state index in [2.05, 4.69) is 0 Å². The van der Waals surface area contributed by atoms with E-state index in [-0.39, 0.29) is 11.5 Å². The number of ketones is 1. The number of rotatable bonds is 5. The number of methoxy groups -OCH3 is 3. The van der Waals surface area contributed by atoms with Crippen LogP contribution in [0.3, 0.4) is 0 Å². The quantitative estimate of drug-likeness (QED) is 0.766. The van der Waals surface area contributed by atoms with Crippen molar-refractivity contribution < 1.29 is 24.1 Å². The molecule has 0 aliphatic heterocycles. The van der Waals surface area contributed by atoms with Crippen LogP contribution in [-0.2, 0) is 4.79 Å². The third kappa shape index (κ3) is 4.19. The maximum Gasteiger partial charge on any atom is 0.185 e. The maximum absolute atomic E-state index is 13.0. The average Bonchev–Trinajstić information content (AvgIpc) is 2.72. The van der Waals surface area contributed by atoms with Crippen molar-refractivity contribution in [2.24, 2.45) is 0 Å². The van der Waals surface area contributed by atoms with Crippen molar-refractivity contribution in [1.82, 2.24) is 0 Å². The number of phenolic OH excluding ortho intramolecular Hbond substituents is 1. The highest BCUT2D eigenvalue weighted by molar-refractivity contribution is 6.14. The Kier molecular flexibility index (Phi) is 6.04. The highest BCUT2D eigenvalue weighted by Crippen LogP contribution is 2.33. The number of ether oxygens (including phenoxy) is 3. The Labute approximate surface area is 164 Å². The number of benzene rings is 2. The van der Waals surface area contributed by atoms with Crippen molar-refractivity contribution in [3.05, 3.63) is 58.7 Å². The van der Waals surface area contributed by atoms with Gasteiger partial charge < -0.3 is 19.3 Å². The second-order valence-corrected chi connectivity index (χ2v) is 6.56. The second kappa shape index (κ2) is 8.65. The third-order valence-electron chi connectivity index (χ3n) is 4.79. The van der Waals surface area contributed by atoms with Crippen LogP contribution in [0.25, 0.3) is 12.2 Å². The summed E-state index contributed by atoms with van der Waals surface area (Å²) >= 11 is 0. The Balaban J connectivity index is 1.91. The first-order chi connectivity index (χ1) is 13.5.